The van der Waals surface area contributed by atoms with E-state index < -0.39 is 0 Å². The summed E-state index contributed by atoms with van der Waals surface area (Å²) in [5.74, 6) is 0.987. The monoisotopic (exact) mass is 411 g/mol. The zero-order valence-corrected chi connectivity index (χ0v) is 14.9. The molecule has 5 heteroatoms. The van der Waals surface area contributed by atoms with E-state index in [9.17, 15) is 4.79 Å². The van der Waals surface area contributed by atoms with Gasteiger partial charge in [-0.05, 0) is 52.8 Å². The van der Waals surface area contributed by atoms with Crippen molar-refractivity contribution >= 4 is 34.2 Å². The Hall–Kier alpha value is -1.76. The number of aryl methyl sites for hydroxylation is 1. The lowest BCUT2D eigenvalue weighted by atomic mass is 10.1. The van der Waals surface area contributed by atoms with Gasteiger partial charge >= 0.3 is 0 Å². The van der Waals surface area contributed by atoms with E-state index in [1.807, 2.05) is 24.3 Å². The molecule has 0 heterocycles. The van der Waals surface area contributed by atoms with Crippen molar-refractivity contribution in [3.8, 4) is 11.5 Å². The van der Waals surface area contributed by atoms with Crippen LogP contribution in [0, 0.1) is 3.57 Å². The van der Waals surface area contributed by atoms with Crippen LogP contribution in [0.3, 0.4) is 0 Å². The summed E-state index contributed by atoms with van der Waals surface area (Å²) >= 11 is 2.12. The molecule has 0 aliphatic rings. The number of para-hydroxylation sites is 1. The SMILES string of the molecule is CCc1ccccc1NC(=O)c1cc(OC)c(OC)cc1I. The van der Waals surface area contributed by atoms with Gasteiger partial charge in [0.05, 0.1) is 19.8 Å². The van der Waals surface area contributed by atoms with E-state index in [0.29, 0.717) is 17.1 Å². The van der Waals surface area contributed by atoms with Gasteiger partial charge in [-0.3, -0.25) is 4.79 Å². The summed E-state index contributed by atoms with van der Waals surface area (Å²) in [6.07, 6.45) is 0.861. The molecule has 22 heavy (non-hydrogen) atoms. The summed E-state index contributed by atoms with van der Waals surface area (Å²) in [6.45, 7) is 2.06. The van der Waals surface area contributed by atoms with E-state index in [0.717, 1.165) is 21.2 Å². The molecule has 0 aliphatic heterocycles. The number of rotatable bonds is 5. The summed E-state index contributed by atoms with van der Waals surface area (Å²) < 4.78 is 11.3. The van der Waals surface area contributed by atoms with Crippen LogP contribution >= 0.6 is 22.6 Å². The van der Waals surface area contributed by atoms with E-state index >= 15 is 0 Å². The molecule has 0 saturated heterocycles. The Morgan fingerprint density at radius 1 is 1.14 bits per heavy atom. The molecule has 4 nitrogen and oxygen atoms in total. The first-order chi connectivity index (χ1) is 10.6. The lowest BCUT2D eigenvalue weighted by molar-refractivity contribution is 0.102. The maximum atomic E-state index is 12.6. The molecule has 0 atom stereocenters. The third kappa shape index (κ3) is 3.52. The zero-order chi connectivity index (χ0) is 16.1. The summed E-state index contributed by atoms with van der Waals surface area (Å²) in [6, 6.07) is 11.3. The molecule has 0 radical (unpaired) electrons. The van der Waals surface area contributed by atoms with Gasteiger partial charge in [-0.15, -0.1) is 0 Å². The second-order valence-electron chi connectivity index (χ2n) is 4.65. The number of nitrogens with one attached hydrogen (secondary N) is 1. The summed E-state index contributed by atoms with van der Waals surface area (Å²) in [5, 5.41) is 2.97. The molecule has 0 aliphatic carbocycles. The van der Waals surface area contributed by atoms with E-state index in [1.165, 1.54) is 0 Å². The molecule has 0 unspecified atom stereocenters. The zero-order valence-electron chi connectivity index (χ0n) is 12.8. The second kappa shape index (κ2) is 7.49. The number of methoxy groups -OCH3 is 2. The number of amides is 1. The molecule has 1 N–H and O–H groups in total. The van der Waals surface area contributed by atoms with Crippen molar-refractivity contribution in [1.29, 1.82) is 0 Å². The van der Waals surface area contributed by atoms with Crippen molar-refractivity contribution in [2.24, 2.45) is 0 Å². The molecule has 1 amide bonds. The highest BCUT2D eigenvalue weighted by Crippen LogP contribution is 2.31. The van der Waals surface area contributed by atoms with Crippen LogP contribution in [0.15, 0.2) is 36.4 Å². The van der Waals surface area contributed by atoms with Gasteiger partial charge in [0, 0.05) is 9.26 Å². The van der Waals surface area contributed by atoms with Crippen LogP contribution < -0.4 is 14.8 Å². The van der Waals surface area contributed by atoms with Gasteiger partial charge in [0.1, 0.15) is 0 Å². The van der Waals surface area contributed by atoms with E-state index in [4.69, 9.17) is 9.47 Å². The first-order valence-electron chi connectivity index (χ1n) is 6.91. The Bertz CT molecular complexity index is 686. The topological polar surface area (TPSA) is 47.6 Å². The van der Waals surface area contributed by atoms with Gasteiger partial charge in [0.2, 0.25) is 0 Å². The van der Waals surface area contributed by atoms with Crippen LogP contribution in [0.4, 0.5) is 5.69 Å². The van der Waals surface area contributed by atoms with Gasteiger partial charge in [-0.2, -0.15) is 0 Å². The van der Waals surface area contributed by atoms with Crippen LogP contribution in [0.5, 0.6) is 11.5 Å². The lowest BCUT2D eigenvalue weighted by Gasteiger charge is -2.13. The first-order valence-corrected chi connectivity index (χ1v) is 7.99. The molecular weight excluding hydrogens is 393 g/mol. The number of halogens is 1. The normalized spacial score (nSPS) is 10.2. The van der Waals surface area contributed by atoms with Gasteiger partial charge in [0.25, 0.3) is 5.91 Å². The number of hydrogen-bond acceptors (Lipinski definition) is 3. The second-order valence-corrected chi connectivity index (χ2v) is 5.81. The summed E-state index contributed by atoms with van der Waals surface area (Å²) in [4.78, 5) is 12.6. The van der Waals surface area contributed by atoms with Crippen molar-refractivity contribution in [3.63, 3.8) is 0 Å². The minimum atomic E-state index is -0.161. The molecule has 0 fully saturated rings. The number of carbonyl (C=O) groups is 1. The Kier molecular flexibility index (Phi) is 5.65. The van der Waals surface area contributed by atoms with Crippen LogP contribution in [0.1, 0.15) is 22.8 Å². The van der Waals surface area contributed by atoms with Crippen LogP contribution in [-0.2, 0) is 6.42 Å². The Morgan fingerprint density at radius 2 is 1.77 bits per heavy atom. The van der Waals surface area contributed by atoms with Crippen molar-refractivity contribution in [2.45, 2.75) is 13.3 Å². The number of benzene rings is 2. The molecule has 0 spiro atoms. The quantitative estimate of drug-likeness (QED) is 0.754. The Morgan fingerprint density at radius 3 is 2.41 bits per heavy atom. The Labute approximate surface area is 144 Å². The highest BCUT2D eigenvalue weighted by molar-refractivity contribution is 14.1. The molecule has 2 aromatic rings. The maximum Gasteiger partial charge on any atom is 0.256 e. The first kappa shape index (κ1) is 16.6. The number of ether oxygens (including phenoxy) is 2. The predicted octanol–water partition coefficient (Wildman–Crippen LogP) is 4.12. The number of carbonyl (C=O) groups excluding carboxylic acids is 1. The van der Waals surface area contributed by atoms with Gasteiger partial charge < -0.3 is 14.8 Å². The summed E-state index contributed by atoms with van der Waals surface area (Å²) in [5.41, 5.74) is 2.50. The number of anilines is 1. The fourth-order valence-electron chi connectivity index (χ4n) is 2.17. The van der Waals surface area contributed by atoms with E-state index in [2.05, 4.69) is 34.8 Å². The fourth-order valence-corrected chi connectivity index (χ4v) is 2.85. The van der Waals surface area contributed by atoms with Crippen molar-refractivity contribution < 1.29 is 14.3 Å². The highest BCUT2D eigenvalue weighted by Gasteiger charge is 2.16. The van der Waals surface area contributed by atoms with Crippen LogP contribution in [0.2, 0.25) is 0 Å². The largest absolute Gasteiger partial charge is 0.493 e. The smallest absolute Gasteiger partial charge is 0.256 e. The average Bonchev–Trinajstić information content (AvgIpc) is 2.54. The third-order valence-corrected chi connectivity index (χ3v) is 4.26. The maximum absolute atomic E-state index is 12.6. The molecule has 0 saturated carbocycles. The van der Waals surface area contributed by atoms with Crippen molar-refractivity contribution in [3.05, 3.63) is 51.1 Å². The highest BCUT2D eigenvalue weighted by atomic mass is 127. The molecule has 0 bridgehead atoms. The fraction of sp³-hybridized carbons (Fsp3) is 0.235. The van der Waals surface area contributed by atoms with Gasteiger partial charge in [-0.1, -0.05) is 25.1 Å². The standard InChI is InChI=1S/C17H18INO3/c1-4-11-7-5-6-8-14(11)19-17(20)12-9-15(21-2)16(22-3)10-13(12)18/h5-10H,4H2,1-3H3,(H,19,20). The number of hydrogen-bond donors (Lipinski definition) is 1. The molecule has 2 rings (SSSR count). The Balaban J connectivity index is 2.33. The molecular formula is C17H18INO3. The van der Waals surface area contributed by atoms with Crippen molar-refractivity contribution in [2.75, 3.05) is 19.5 Å². The average molecular weight is 411 g/mol. The minimum absolute atomic E-state index is 0.161. The van der Waals surface area contributed by atoms with E-state index in [1.54, 1.807) is 26.4 Å². The molecule has 116 valence electrons. The minimum Gasteiger partial charge on any atom is -0.493 e. The van der Waals surface area contributed by atoms with E-state index in [-0.39, 0.29) is 5.91 Å². The summed E-state index contributed by atoms with van der Waals surface area (Å²) in [7, 11) is 3.13. The molecule has 0 aromatic heterocycles. The van der Waals surface area contributed by atoms with Crippen LogP contribution in [-0.4, -0.2) is 20.1 Å². The lowest BCUT2D eigenvalue weighted by Crippen LogP contribution is -2.15. The van der Waals surface area contributed by atoms with Gasteiger partial charge in [-0.25, -0.2) is 0 Å². The molecule has 2 aromatic carbocycles. The predicted molar refractivity (Wildman–Crippen MR) is 96.0 cm³/mol. The third-order valence-electron chi connectivity index (χ3n) is 3.36. The van der Waals surface area contributed by atoms with Gasteiger partial charge in [0.15, 0.2) is 11.5 Å². The van der Waals surface area contributed by atoms with Crippen molar-refractivity contribution in [1.82, 2.24) is 0 Å². The van der Waals surface area contributed by atoms with Crippen LogP contribution in [0.25, 0.3) is 0 Å².